The largest absolute Gasteiger partial charge is 0.384 e. The van der Waals surface area contributed by atoms with Gasteiger partial charge >= 0.3 is 0 Å². The minimum absolute atomic E-state index is 0.201. The van der Waals surface area contributed by atoms with E-state index < -0.39 is 11.7 Å². The third-order valence-corrected chi connectivity index (χ3v) is 5.55. The van der Waals surface area contributed by atoms with E-state index in [-0.39, 0.29) is 11.1 Å². The molecule has 3 aromatic heterocycles. The van der Waals surface area contributed by atoms with Crippen LogP contribution in [0.15, 0.2) is 73.1 Å². The van der Waals surface area contributed by atoms with E-state index >= 15 is 0 Å². The molecule has 0 fully saturated rings. The molecule has 0 aliphatic heterocycles. The Morgan fingerprint density at radius 3 is 2.56 bits per heavy atom. The van der Waals surface area contributed by atoms with Crippen molar-refractivity contribution in [1.82, 2.24) is 20.2 Å². The summed E-state index contributed by atoms with van der Waals surface area (Å²) in [5.41, 5.74) is 10.2. The van der Waals surface area contributed by atoms with Crippen LogP contribution in [0.25, 0.3) is 22.2 Å². The van der Waals surface area contributed by atoms with Crippen molar-refractivity contribution in [3.05, 3.63) is 95.6 Å². The molecule has 0 saturated heterocycles. The Kier molecular flexibility index (Phi) is 5.95. The number of halogens is 1. The molecule has 2 aromatic carbocycles. The number of anilines is 3. The molecule has 176 valence electrons. The quantitative estimate of drug-likeness (QED) is 0.281. The summed E-state index contributed by atoms with van der Waals surface area (Å²) in [5.74, 6) is -0.0838. The lowest BCUT2D eigenvalue weighted by atomic mass is 10.0. The molecule has 36 heavy (non-hydrogen) atoms. The molecule has 10 heteroatoms. The maximum Gasteiger partial charge on any atom is 0.259 e. The molecule has 9 nitrogen and oxygen atoms in total. The zero-order chi connectivity index (χ0) is 25.1. The van der Waals surface area contributed by atoms with Gasteiger partial charge in [-0.05, 0) is 47.5 Å². The van der Waals surface area contributed by atoms with Crippen LogP contribution in [-0.2, 0) is 6.54 Å². The smallest absolute Gasteiger partial charge is 0.259 e. The number of rotatable bonds is 6. The number of carbonyl (C=O) groups is 1. The van der Waals surface area contributed by atoms with E-state index in [4.69, 9.17) is 5.73 Å². The van der Waals surface area contributed by atoms with Gasteiger partial charge in [-0.15, -0.1) is 0 Å². The first-order valence-electron chi connectivity index (χ1n) is 10.9. The summed E-state index contributed by atoms with van der Waals surface area (Å²) < 4.78 is 13.2. The number of hydrogen-bond acceptors (Lipinski definition) is 7. The van der Waals surface area contributed by atoms with Gasteiger partial charge in [0.05, 0.1) is 16.5 Å². The molecule has 5 rings (SSSR count). The number of aromatic amines is 1. The zero-order valence-corrected chi connectivity index (χ0v) is 18.8. The fraction of sp³-hybridized carbons (Fsp3) is 0.0385. The van der Waals surface area contributed by atoms with Crippen molar-refractivity contribution < 1.29 is 9.18 Å². The highest BCUT2D eigenvalue weighted by Gasteiger charge is 2.15. The van der Waals surface area contributed by atoms with E-state index in [1.54, 1.807) is 6.20 Å². The maximum atomic E-state index is 13.2. The lowest BCUT2D eigenvalue weighted by Crippen LogP contribution is -2.16. The standard InChI is InChI=1S/C26H19FN8O/c27-19-5-7-20(8-6-19)33-26(36)22-9-16(11-28)13-31-24(22)30-12-15-1-3-17(4-2-15)18-10-21-23(29)34-35-25(21)32-14-18/h1-10,13-14H,12H2,(H,30,31)(H,33,36)(H3,29,32,34,35). The second-order valence-electron chi connectivity index (χ2n) is 7.98. The number of pyridine rings is 2. The van der Waals surface area contributed by atoms with E-state index in [1.165, 1.54) is 36.5 Å². The number of nitrogens with zero attached hydrogens (tertiary/aromatic N) is 4. The van der Waals surface area contributed by atoms with Crippen LogP contribution in [0.1, 0.15) is 21.5 Å². The Morgan fingerprint density at radius 1 is 1.03 bits per heavy atom. The summed E-state index contributed by atoms with van der Waals surface area (Å²) in [6, 6.07) is 18.6. The number of nitrogens with one attached hydrogen (secondary N) is 3. The average Bonchev–Trinajstić information content (AvgIpc) is 3.29. The van der Waals surface area contributed by atoms with Crippen LogP contribution in [0.2, 0.25) is 0 Å². The minimum Gasteiger partial charge on any atom is -0.384 e. The second-order valence-corrected chi connectivity index (χ2v) is 7.98. The Balaban J connectivity index is 1.32. The highest BCUT2D eigenvalue weighted by atomic mass is 19.1. The van der Waals surface area contributed by atoms with Crippen LogP contribution in [0.3, 0.4) is 0 Å². The molecular weight excluding hydrogens is 459 g/mol. The lowest BCUT2D eigenvalue weighted by molar-refractivity contribution is 0.102. The summed E-state index contributed by atoms with van der Waals surface area (Å²) in [6.45, 7) is 0.391. The normalized spacial score (nSPS) is 10.7. The van der Waals surface area contributed by atoms with Gasteiger partial charge in [-0.2, -0.15) is 10.4 Å². The predicted molar refractivity (Wildman–Crippen MR) is 134 cm³/mol. The maximum absolute atomic E-state index is 13.2. The number of nitrogen functional groups attached to an aromatic ring is 1. The van der Waals surface area contributed by atoms with E-state index in [0.29, 0.717) is 29.5 Å². The van der Waals surface area contributed by atoms with Gasteiger partial charge in [0.1, 0.15) is 23.5 Å². The molecule has 0 aliphatic rings. The molecule has 0 unspecified atom stereocenters. The summed E-state index contributed by atoms with van der Waals surface area (Å²) in [6.07, 6.45) is 3.13. The lowest BCUT2D eigenvalue weighted by Gasteiger charge is -2.12. The molecule has 5 N–H and O–H groups in total. The molecule has 0 radical (unpaired) electrons. The third kappa shape index (κ3) is 4.67. The Bertz CT molecular complexity index is 1600. The van der Waals surface area contributed by atoms with Gasteiger partial charge in [0.15, 0.2) is 5.65 Å². The molecular formula is C26H19FN8O. The van der Waals surface area contributed by atoms with Crippen molar-refractivity contribution in [1.29, 1.82) is 5.26 Å². The van der Waals surface area contributed by atoms with Gasteiger partial charge in [-0.25, -0.2) is 14.4 Å². The second kappa shape index (κ2) is 9.52. The summed E-state index contributed by atoms with van der Waals surface area (Å²) in [7, 11) is 0. The summed E-state index contributed by atoms with van der Waals surface area (Å²) in [4.78, 5) is 21.5. The van der Waals surface area contributed by atoms with E-state index in [1.807, 2.05) is 36.4 Å². The zero-order valence-electron chi connectivity index (χ0n) is 18.8. The fourth-order valence-electron chi connectivity index (χ4n) is 3.65. The number of amides is 1. The number of aromatic nitrogens is 4. The number of carbonyl (C=O) groups excluding carboxylic acids is 1. The molecule has 5 aromatic rings. The molecule has 0 spiro atoms. The number of nitrogens with two attached hydrogens (primary N) is 1. The summed E-state index contributed by atoms with van der Waals surface area (Å²) in [5, 5.41) is 22.6. The van der Waals surface area contributed by atoms with Crippen LogP contribution in [-0.4, -0.2) is 26.1 Å². The number of benzene rings is 2. The SMILES string of the molecule is N#Cc1cnc(NCc2ccc(-c3cnc4n[nH]c(N)c4c3)cc2)c(C(=O)Nc2ccc(F)cc2)c1. The highest BCUT2D eigenvalue weighted by molar-refractivity contribution is 6.07. The fourth-order valence-corrected chi connectivity index (χ4v) is 3.65. The van der Waals surface area contributed by atoms with Crippen molar-refractivity contribution in [2.45, 2.75) is 6.54 Å². The van der Waals surface area contributed by atoms with Crippen molar-refractivity contribution in [2.75, 3.05) is 16.4 Å². The Morgan fingerprint density at radius 2 is 1.81 bits per heavy atom. The number of fused-ring (bicyclic) bond motifs is 1. The molecule has 1 amide bonds. The van der Waals surface area contributed by atoms with Gasteiger partial charge in [0.25, 0.3) is 5.91 Å². The molecule has 3 heterocycles. The highest BCUT2D eigenvalue weighted by Crippen LogP contribution is 2.25. The summed E-state index contributed by atoms with van der Waals surface area (Å²) >= 11 is 0. The van der Waals surface area contributed by atoms with Crippen molar-refractivity contribution in [2.24, 2.45) is 0 Å². The molecule has 0 saturated carbocycles. The Labute approximate surface area is 204 Å². The predicted octanol–water partition coefficient (Wildman–Crippen LogP) is 4.48. The molecule has 0 bridgehead atoms. The number of H-pyrrole nitrogens is 1. The van der Waals surface area contributed by atoms with E-state index in [0.717, 1.165) is 22.1 Å². The first-order chi connectivity index (χ1) is 17.5. The van der Waals surface area contributed by atoms with Crippen molar-refractivity contribution in [3.63, 3.8) is 0 Å². The number of nitriles is 1. The van der Waals surface area contributed by atoms with Crippen LogP contribution >= 0.6 is 0 Å². The van der Waals surface area contributed by atoms with Gasteiger partial charge in [-0.3, -0.25) is 9.89 Å². The third-order valence-electron chi connectivity index (χ3n) is 5.55. The van der Waals surface area contributed by atoms with Crippen LogP contribution in [0, 0.1) is 17.1 Å². The molecule has 0 atom stereocenters. The number of hydrogen-bond donors (Lipinski definition) is 4. The van der Waals surface area contributed by atoms with Crippen molar-refractivity contribution in [3.8, 4) is 17.2 Å². The topological polar surface area (TPSA) is 145 Å². The van der Waals surface area contributed by atoms with Gasteiger partial charge in [0, 0.05) is 30.2 Å². The van der Waals surface area contributed by atoms with Gasteiger partial charge < -0.3 is 16.4 Å². The Hall–Kier alpha value is -5.30. The monoisotopic (exact) mass is 478 g/mol. The van der Waals surface area contributed by atoms with E-state index in [9.17, 15) is 14.4 Å². The first-order valence-corrected chi connectivity index (χ1v) is 10.9. The first kappa shape index (κ1) is 22.5. The van der Waals surface area contributed by atoms with Crippen LogP contribution in [0.5, 0.6) is 0 Å². The van der Waals surface area contributed by atoms with Crippen LogP contribution in [0.4, 0.5) is 21.7 Å². The van der Waals surface area contributed by atoms with Crippen LogP contribution < -0.4 is 16.4 Å². The molecule has 0 aliphatic carbocycles. The van der Waals surface area contributed by atoms with Gasteiger partial charge in [0.2, 0.25) is 0 Å². The average molecular weight is 478 g/mol. The van der Waals surface area contributed by atoms with E-state index in [2.05, 4.69) is 30.8 Å². The van der Waals surface area contributed by atoms with Crippen molar-refractivity contribution >= 4 is 34.3 Å². The minimum atomic E-state index is -0.467. The van der Waals surface area contributed by atoms with Gasteiger partial charge in [-0.1, -0.05) is 24.3 Å².